The maximum Gasteiger partial charge on any atom is 0.262 e. The van der Waals surface area contributed by atoms with Crippen molar-refractivity contribution in [2.75, 3.05) is 19.0 Å². The summed E-state index contributed by atoms with van der Waals surface area (Å²) in [5.74, 6) is -0.376. The normalized spacial score (nSPS) is 11.2. The largest absolute Gasteiger partial charge is 0.378 e. The van der Waals surface area contributed by atoms with Crippen molar-refractivity contribution in [2.24, 2.45) is 0 Å². The zero-order valence-electron chi connectivity index (χ0n) is 14.4. The van der Waals surface area contributed by atoms with Crippen LogP contribution in [-0.4, -0.2) is 20.0 Å². The van der Waals surface area contributed by atoms with Gasteiger partial charge < -0.3 is 10.2 Å². The molecule has 0 aliphatic carbocycles. The number of allylic oxidation sites excluding steroid dienone is 2. The van der Waals surface area contributed by atoms with Gasteiger partial charge in [0.2, 0.25) is 0 Å². The van der Waals surface area contributed by atoms with E-state index < -0.39 is 0 Å². The number of rotatable bonds is 6. The van der Waals surface area contributed by atoms with Crippen LogP contribution < -0.4 is 10.2 Å². The molecular formula is C21H21N3O. The highest BCUT2D eigenvalue weighted by Gasteiger charge is 2.06. The number of nitriles is 1. The molecule has 2 aromatic rings. The predicted molar refractivity (Wildman–Crippen MR) is 102 cm³/mol. The van der Waals surface area contributed by atoms with Gasteiger partial charge in [-0.25, -0.2) is 0 Å². The molecule has 0 saturated heterocycles. The number of amides is 1. The van der Waals surface area contributed by atoms with E-state index in [0.717, 1.165) is 16.8 Å². The van der Waals surface area contributed by atoms with Gasteiger partial charge >= 0.3 is 0 Å². The third-order valence-corrected chi connectivity index (χ3v) is 3.62. The van der Waals surface area contributed by atoms with Gasteiger partial charge in [0.05, 0.1) is 0 Å². The van der Waals surface area contributed by atoms with E-state index >= 15 is 0 Å². The van der Waals surface area contributed by atoms with Crippen LogP contribution in [0.2, 0.25) is 0 Å². The number of carbonyl (C=O) groups is 1. The Bertz CT molecular complexity index is 797. The van der Waals surface area contributed by atoms with Crippen molar-refractivity contribution in [3.05, 3.63) is 83.4 Å². The zero-order chi connectivity index (χ0) is 18.1. The molecule has 0 saturated carbocycles. The third kappa shape index (κ3) is 5.67. The van der Waals surface area contributed by atoms with Crippen molar-refractivity contribution in [3.63, 3.8) is 0 Å². The lowest BCUT2D eigenvalue weighted by molar-refractivity contribution is -0.117. The van der Waals surface area contributed by atoms with Gasteiger partial charge in [-0.1, -0.05) is 54.6 Å². The number of hydrogen-bond donors (Lipinski definition) is 1. The molecule has 0 fully saturated rings. The quantitative estimate of drug-likeness (QED) is 0.500. The topological polar surface area (TPSA) is 56.1 Å². The summed E-state index contributed by atoms with van der Waals surface area (Å²) >= 11 is 0. The number of carbonyl (C=O) groups excluding carboxylic acids is 1. The molecule has 4 heteroatoms. The fourth-order valence-corrected chi connectivity index (χ4v) is 2.18. The summed E-state index contributed by atoms with van der Waals surface area (Å²) in [7, 11) is 3.97. The molecule has 0 radical (unpaired) electrons. The molecule has 0 atom stereocenters. The fraction of sp³-hybridized carbons (Fsp3) is 0.143. The first-order valence-electron chi connectivity index (χ1n) is 7.98. The molecule has 0 aromatic heterocycles. The number of anilines is 1. The number of nitrogens with zero attached hydrogens (tertiary/aromatic N) is 2. The Balaban J connectivity index is 1.96. The third-order valence-electron chi connectivity index (χ3n) is 3.62. The summed E-state index contributed by atoms with van der Waals surface area (Å²) in [5.41, 5.74) is 3.19. The molecule has 0 bridgehead atoms. The van der Waals surface area contributed by atoms with Crippen LogP contribution >= 0.6 is 0 Å². The molecule has 0 aliphatic rings. The van der Waals surface area contributed by atoms with Crippen molar-refractivity contribution in [1.29, 1.82) is 5.26 Å². The predicted octanol–water partition coefficient (Wildman–Crippen LogP) is 3.53. The fourth-order valence-electron chi connectivity index (χ4n) is 2.18. The molecule has 0 unspecified atom stereocenters. The zero-order valence-corrected chi connectivity index (χ0v) is 14.4. The van der Waals surface area contributed by atoms with Crippen molar-refractivity contribution in [3.8, 4) is 6.07 Å². The van der Waals surface area contributed by atoms with Crippen LogP contribution in [0.3, 0.4) is 0 Å². The van der Waals surface area contributed by atoms with Crippen molar-refractivity contribution >= 4 is 17.7 Å². The van der Waals surface area contributed by atoms with Crippen molar-refractivity contribution < 1.29 is 4.79 Å². The smallest absolute Gasteiger partial charge is 0.262 e. The van der Waals surface area contributed by atoms with E-state index in [0.29, 0.717) is 6.54 Å². The molecule has 1 N–H and O–H groups in total. The standard InChI is InChI=1S/C21H21N3O/c1-24(2)20-13-11-17(12-14-20)9-6-10-19(15-22)21(25)23-16-18-7-4-3-5-8-18/h3-14H,16H2,1-2H3,(H,23,25)/b9-6+,19-10+. The Morgan fingerprint density at radius 3 is 2.40 bits per heavy atom. The van der Waals surface area contributed by atoms with E-state index in [-0.39, 0.29) is 11.5 Å². The second-order valence-corrected chi connectivity index (χ2v) is 5.71. The Morgan fingerprint density at radius 1 is 1.12 bits per heavy atom. The van der Waals surface area contributed by atoms with Gasteiger partial charge in [-0.2, -0.15) is 5.26 Å². The van der Waals surface area contributed by atoms with Gasteiger partial charge in [-0.15, -0.1) is 0 Å². The van der Waals surface area contributed by atoms with E-state index in [1.54, 1.807) is 6.08 Å². The molecule has 1 amide bonds. The number of benzene rings is 2. The molecule has 4 nitrogen and oxygen atoms in total. The van der Waals surface area contributed by atoms with E-state index in [4.69, 9.17) is 5.26 Å². The Kier molecular flexibility index (Phi) is 6.56. The van der Waals surface area contributed by atoms with Gasteiger partial charge in [0.15, 0.2) is 0 Å². The van der Waals surface area contributed by atoms with E-state index in [1.165, 1.54) is 6.08 Å². The van der Waals surface area contributed by atoms with Crippen LogP contribution in [0.5, 0.6) is 0 Å². The average Bonchev–Trinajstić information content (AvgIpc) is 2.64. The first kappa shape index (κ1) is 18.0. The molecule has 25 heavy (non-hydrogen) atoms. The molecule has 2 aromatic carbocycles. The summed E-state index contributed by atoms with van der Waals surface area (Å²) in [6, 6.07) is 19.5. The summed E-state index contributed by atoms with van der Waals surface area (Å²) in [6.07, 6.45) is 5.10. The lowest BCUT2D eigenvalue weighted by Crippen LogP contribution is -2.23. The van der Waals surface area contributed by atoms with Gasteiger partial charge in [-0.3, -0.25) is 4.79 Å². The second-order valence-electron chi connectivity index (χ2n) is 5.71. The minimum absolute atomic E-state index is 0.0806. The monoisotopic (exact) mass is 331 g/mol. The summed E-state index contributed by atoms with van der Waals surface area (Å²) < 4.78 is 0. The minimum atomic E-state index is -0.376. The van der Waals surface area contributed by atoms with E-state index in [9.17, 15) is 4.79 Å². The molecule has 0 aliphatic heterocycles. The molecule has 2 rings (SSSR count). The van der Waals surface area contributed by atoms with Gasteiger partial charge in [0, 0.05) is 26.3 Å². The Morgan fingerprint density at radius 2 is 1.80 bits per heavy atom. The average molecular weight is 331 g/mol. The summed E-state index contributed by atoms with van der Waals surface area (Å²) in [4.78, 5) is 14.1. The maximum atomic E-state index is 12.1. The van der Waals surface area contributed by atoms with Crippen LogP contribution in [-0.2, 0) is 11.3 Å². The SMILES string of the molecule is CN(C)c1ccc(/C=C/C=C(\C#N)C(=O)NCc2ccccc2)cc1. The lowest BCUT2D eigenvalue weighted by atomic mass is 10.1. The van der Waals surface area contributed by atoms with Gasteiger partial charge in [0.1, 0.15) is 11.6 Å². The maximum absolute atomic E-state index is 12.1. The van der Waals surface area contributed by atoms with E-state index in [2.05, 4.69) is 5.32 Å². The minimum Gasteiger partial charge on any atom is -0.378 e. The first-order valence-corrected chi connectivity index (χ1v) is 7.98. The summed E-state index contributed by atoms with van der Waals surface area (Å²) in [5, 5.41) is 11.9. The van der Waals surface area contributed by atoms with E-state index in [1.807, 2.05) is 85.7 Å². The van der Waals surface area contributed by atoms with Crippen LogP contribution in [0.15, 0.2) is 72.3 Å². The van der Waals surface area contributed by atoms with Gasteiger partial charge in [-0.05, 0) is 29.3 Å². The summed E-state index contributed by atoms with van der Waals surface area (Å²) in [6.45, 7) is 0.397. The highest BCUT2D eigenvalue weighted by molar-refractivity contribution is 5.97. The highest BCUT2D eigenvalue weighted by atomic mass is 16.1. The van der Waals surface area contributed by atoms with Crippen LogP contribution in [0.1, 0.15) is 11.1 Å². The van der Waals surface area contributed by atoms with Crippen molar-refractivity contribution in [2.45, 2.75) is 6.54 Å². The van der Waals surface area contributed by atoms with Crippen molar-refractivity contribution in [1.82, 2.24) is 5.32 Å². The Hall–Kier alpha value is -3.32. The first-order chi connectivity index (χ1) is 12.1. The van der Waals surface area contributed by atoms with Crippen LogP contribution in [0, 0.1) is 11.3 Å². The van der Waals surface area contributed by atoms with Crippen LogP contribution in [0.25, 0.3) is 6.08 Å². The molecule has 0 spiro atoms. The molecular weight excluding hydrogens is 310 g/mol. The second kappa shape index (κ2) is 9.09. The molecule has 126 valence electrons. The van der Waals surface area contributed by atoms with Crippen LogP contribution in [0.4, 0.5) is 5.69 Å². The lowest BCUT2D eigenvalue weighted by Gasteiger charge is -2.11. The Labute approximate surface area is 148 Å². The number of hydrogen-bond acceptors (Lipinski definition) is 3. The number of nitrogens with one attached hydrogen (secondary N) is 1. The molecule has 0 heterocycles. The highest BCUT2D eigenvalue weighted by Crippen LogP contribution is 2.13. The van der Waals surface area contributed by atoms with Gasteiger partial charge in [0.25, 0.3) is 5.91 Å².